The van der Waals surface area contributed by atoms with Crippen molar-refractivity contribution < 1.29 is 0 Å². The van der Waals surface area contributed by atoms with E-state index < -0.39 is 0 Å². The first kappa shape index (κ1) is 11.1. The molecule has 0 aliphatic carbocycles. The van der Waals surface area contributed by atoms with Crippen molar-refractivity contribution in [3.8, 4) is 0 Å². The van der Waals surface area contributed by atoms with Gasteiger partial charge in [0, 0.05) is 11.4 Å². The molecule has 1 heterocycles. The lowest BCUT2D eigenvalue weighted by Gasteiger charge is -2.09. The summed E-state index contributed by atoms with van der Waals surface area (Å²) in [6, 6.07) is 2.01. The standard InChI is InChI=1S/C11H19N3/c1-4-6-9-7-8(3)13-11(14-9)10(12)5-2/h7,10H,4-6,12H2,1-3H3. The van der Waals surface area contributed by atoms with Crippen LogP contribution in [-0.4, -0.2) is 9.97 Å². The van der Waals surface area contributed by atoms with Crippen LogP contribution in [0.2, 0.25) is 0 Å². The second kappa shape index (κ2) is 5.05. The Hall–Kier alpha value is -0.960. The highest BCUT2D eigenvalue weighted by atomic mass is 14.9. The van der Waals surface area contributed by atoms with Crippen molar-refractivity contribution in [3.05, 3.63) is 23.3 Å². The molecule has 78 valence electrons. The van der Waals surface area contributed by atoms with Crippen LogP contribution in [0.25, 0.3) is 0 Å². The number of nitrogens with zero attached hydrogens (tertiary/aromatic N) is 2. The summed E-state index contributed by atoms with van der Waals surface area (Å²) in [7, 11) is 0. The Morgan fingerprint density at radius 3 is 2.64 bits per heavy atom. The van der Waals surface area contributed by atoms with E-state index in [4.69, 9.17) is 5.73 Å². The molecule has 0 spiro atoms. The lowest BCUT2D eigenvalue weighted by molar-refractivity contribution is 0.637. The molecule has 3 nitrogen and oxygen atoms in total. The molecule has 0 bridgehead atoms. The molecule has 0 fully saturated rings. The van der Waals surface area contributed by atoms with Crippen molar-refractivity contribution in [2.75, 3.05) is 0 Å². The van der Waals surface area contributed by atoms with Crippen molar-refractivity contribution in [1.29, 1.82) is 0 Å². The number of hydrogen-bond acceptors (Lipinski definition) is 3. The van der Waals surface area contributed by atoms with E-state index in [-0.39, 0.29) is 6.04 Å². The predicted molar refractivity (Wildman–Crippen MR) is 58.0 cm³/mol. The molecule has 14 heavy (non-hydrogen) atoms. The highest BCUT2D eigenvalue weighted by Gasteiger charge is 2.08. The maximum atomic E-state index is 5.90. The fourth-order valence-corrected chi connectivity index (χ4v) is 1.39. The van der Waals surface area contributed by atoms with Gasteiger partial charge >= 0.3 is 0 Å². The van der Waals surface area contributed by atoms with Gasteiger partial charge in [0.2, 0.25) is 0 Å². The summed E-state index contributed by atoms with van der Waals surface area (Å²) < 4.78 is 0. The molecule has 0 aromatic carbocycles. The van der Waals surface area contributed by atoms with Gasteiger partial charge in [-0.2, -0.15) is 0 Å². The van der Waals surface area contributed by atoms with Crippen LogP contribution in [0.15, 0.2) is 6.07 Å². The third kappa shape index (κ3) is 2.77. The van der Waals surface area contributed by atoms with Gasteiger partial charge in [-0.25, -0.2) is 9.97 Å². The lowest BCUT2D eigenvalue weighted by Crippen LogP contribution is -2.14. The summed E-state index contributed by atoms with van der Waals surface area (Å²) in [5, 5.41) is 0. The summed E-state index contributed by atoms with van der Waals surface area (Å²) in [4.78, 5) is 8.81. The monoisotopic (exact) mass is 193 g/mol. The van der Waals surface area contributed by atoms with Crippen LogP contribution in [0.5, 0.6) is 0 Å². The number of rotatable bonds is 4. The first-order valence-corrected chi connectivity index (χ1v) is 5.27. The summed E-state index contributed by atoms with van der Waals surface area (Å²) in [5.74, 6) is 0.788. The molecule has 0 aliphatic rings. The fraction of sp³-hybridized carbons (Fsp3) is 0.636. The minimum absolute atomic E-state index is 0.0227. The van der Waals surface area contributed by atoms with Crippen LogP contribution < -0.4 is 5.73 Å². The van der Waals surface area contributed by atoms with Gasteiger partial charge in [0.1, 0.15) is 5.82 Å². The predicted octanol–water partition coefficient (Wildman–Crippen LogP) is 2.15. The lowest BCUT2D eigenvalue weighted by atomic mass is 10.2. The molecule has 0 saturated heterocycles. The SMILES string of the molecule is CCCc1cc(C)nc(C(N)CC)n1. The molecular formula is C11H19N3. The molecule has 0 aliphatic heterocycles. The van der Waals surface area contributed by atoms with Gasteiger partial charge in [-0.05, 0) is 25.8 Å². The van der Waals surface area contributed by atoms with Crippen LogP contribution in [-0.2, 0) is 6.42 Å². The Bertz CT molecular complexity index is 297. The van der Waals surface area contributed by atoms with Crippen LogP contribution >= 0.6 is 0 Å². The van der Waals surface area contributed by atoms with E-state index in [0.717, 1.165) is 36.5 Å². The first-order valence-electron chi connectivity index (χ1n) is 5.27. The molecule has 3 heteroatoms. The van der Waals surface area contributed by atoms with E-state index >= 15 is 0 Å². The van der Waals surface area contributed by atoms with Gasteiger partial charge in [0.05, 0.1) is 6.04 Å². The van der Waals surface area contributed by atoms with E-state index in [0.29, 0.717) is 0 Å². The van der Waals surface area contributed by atoms with Gasteiger partial charge in [0.25, 0.3) is 0 Å². The number of aryl methyl sites for hydroxylation is 2. The molecule has 1 rings (SSSR count). The van der Waals surface area contributed by atoms with Crippen molar-refractivity contribution >= 4 is 0 Å². The van der Waals surface area contributed by atoms with Gasteiger partial charge in [0.15, 0.2) is 0 Å². The maximum absolute atomic E-state index is 5.90. The van der Waals surface area contributed by atoms with Crippen molar-refractivity contribution in [1.82, 2.24) is 9.97 Å². The number of aromatic nitrogens is 2. The summed E-state index contributed by atoms with van der Waals surface area (Å²) in [6.45, 7) is 6.19. The van der Waals surface area contributed by atoms with Gasteiger partial charge in [-0.1, -0.05) is 20.3 Å². The third-order valence-electron chi connectivity index (χ3n) is 2.20. The van der Waals surface area contributed by atoms with E-state index in [1.165, 1.54) is 0 Å². The van der Waals surface area contributed by atoms with Gasteiger partial charge in [-0.15, -0.1) is 0 Å². The van der Waals surface area contributed by atoms with Crippen LogP contribution in [0.3, 0.4) is 0 Å². The zero-order valence-corrected chi connectivity index (χ0v) is 9.25. The zero-order valence-electron chi connectivity index (χ0n) is 9.25. The van der Waals surface area contributed by atoms with E-state index in [2.05, 4.69) is 23.8 Å². The normalized spacial score (nSPS) is 12.9. The Morgan fingerprint density at radius 1 is 1.36 bits per heavy atom. The molecule has 1 aromatic rings. The fourth-order valence-electron chi connectivity index (χ4n) is 1.39. The Balaban J connectivity index is 2.94. The number of hydrogen-bond donors (Lipinski definition) is 1. The Kier molecular flexibility index (Phi) is 4.01. The van der Waals surface area contributed by atoms with Crippen LogP contribution in [0, 0.1) is 6.92 Å². The van der Waals surface area contributed by atoms with Crippen molar-refractivity contribution in [3.63, 3.8) is 0 Å². The highest BCUT2D eigenvalue weighted by Crippen LogP contribution is 2.11. The average molecular weight is 193 g/mol. The molecule has 1 aromatic heterocycles. The second-order valence-corrected chi connectivity index (χ2v) is 3.62. The molecule has 1 unspecified atom stereocenters. The van der Waals surface area contributed by atoms with E-state index in [1.54, 1.807) is 0 Å². The number of nitrogens with two attached hydrogens (primary N) is 1. The van der Waals surface area contributed by atoms with E-state index in [9.17, 15) is 0 Å². The van der Waals surface area contributed by atoms with Crippen LogP contribution in [0.4, 0.5) is 0 Å². The minimum Gasteiger partial charge on any atom is -0.321 e. The van der Waals surface area contributed by atoms with E-state index in [1.807, 2.05) is 13.0 Å². The van der Waals surface area contributed by atoms with Crippen molar-refractivity contribution in [2.45, 2.75) is 46.1 Å². The van der Waals surface area contributed by atoms with Gasteiger partial charge < -0.3 is 5.73 Å². The zero-order chi connectivity index (χ0) is 10.6. The molecule has 0 saturated carbocycles. The molecule has 0 amide bonds. The average Bonchev–Trinajstić information content (AvgIpc) is 2.16. The topological polar surface area (TPSA) is 51.8 Å². The van der Waals surface area contributed by atoms with Gasteiger partial charge in [-0.3, -0.25) is 0 Å². The highest BCUT2D eigenvalue weighted by molar-refractivity contribution is 5.11. The van der Waals surface area contributed by atoms with Crippen LogP contribution in [0.1, 0.15) is 49.9 Å². The summed E-state index contributed by atoms with van der Waals surface area (Å²) in [6.07, 6.45) is 3.00. The summed E-state index contributed by atoms with van der Waals surface area (Å²) in [5.41, 5.74) is 8.03. The second-order valence-electron chi connectivity index (χ2n) is 3.62. The molecular weight excluding hydrogens is 174 g/mol. The third-order valence-corrected chi connectivity index (χ3v) is 2.20. The maximum Gasteiger partial charge on any atom is 0.145 e. The molecule has 2 N–H and O–H groups in total. The largest absolute Gasteiger partial charge is 0.321 e. The molecule has 1 atom stereocenters. The minimum atomic E-state index is -0.0227. The Labute approximate surface area is 85.8 Å². The van der Waals surface area contributed by atoms with Crippen molar-refractivity contribution in [2.24, 2.45) is 5.73 Å². The summed E-state index contributed by atoms with van der Waals surface area (Å²) >= 11 is 0. The molecule has 0 radical (unpaired) electrons. The first-order chi connectivity index (χ1) is 6.67. The quantitative estimate of drug-likeness (QED) is 0.797. The Morgan fingerprint density at radius 2 is 2.07 bits per heavy atom. The smallest absolute Gasteiger partial charge is 0.145 e.